The highest BCUT2D eigenvalue weighted by molar-refractivity contribution is 5.98. The molecule has 3 unspecified atom stereocenters. The number of rotatable bonds is 4. The van der Waals surface area contributed by atoms with Gasteiger partial charge in [0.2, 0.25) is 11.8 Å². The lowest BCUT2D eigenvalue weighted by Gasteiger charge is -2.27. The van der Waals surface area contributed by atoms with Crippen LogP contribution in [0.1, 0.15) is 37.7 Å². The highest BCUT2D eigenvalue weighted by atomic mass is 16.5. The molecule has 0 bridgehead atoms. The van der Waals surface area contributed by atoms with Crippen LogP contribution in [0.5, 0.6) is 5.75 Å². The number of aryl methyl sites for hydroxylation is 1. The summed E-state index contributed by atoms with van der Waals surface area (Å²) < 4.78 is 5.32. The van der Waals surface area contributed by atoms with Crippen molar-refractivity contribution in [2.75, 3.05) is 19.0 Å². The second-order valence-corrected chi connectivity index (χ2v) is 7.15. The van der Waals surface area contributed by atoms with E-state index in [9.17, 15) is 9.59 Å². The standard InChI is InChI=1S/C19H27N3O3/c1-12-5-8-17(25-2)15(10-12)21-18(23)16-4-3-9-22(16)19(24)13-6-7-14(20)11-13/h5,8,10,13-14,16H,3-4,6-7,9,11,20H2,1-2H3,(H,21,23). The maximum atomic E-state index is 12.8. The minimum atomic E-state index is -0.408. The number of nitrogens with one attached hydrogen (secondary N) is 1. The molecule has 3 rings (SSSR count). The molecule has 1 heterocycles. The summed E-state index contributed by atoms with van der Waals surface area (Å²) >= 11 is 0. The molecule has 0 radical (unpaired) electrons. The average Bonchev–Trinajstić information content (AvgIpc) is 3.23. The monoisotopic (exact) mass is 345 g/mol. The van der Waals surface area contributed by atoms with Gasteiger partial charge in [0, 0.05) is 18.5 Å². The number of anilines is 1. The Morgan fingerprint density at radius 3 is 2.76 bits per heavy atom. The van der Waals surface area contributed by atoms with Crippen LogP contribution in [0.25, 0.3) is 0 Å². The molecule has 1 aliphatic carbocycles. The number of benzene rings is 1. The van der Waals surface area contributed by atoms with Crippen molar-refractivity contribution in [1.82, 2.24) is 4.90 Å². The molecule has 0 spiro atoms. The predicted molar refractivity (Wildman–Crippen MR) is 96.4 cm³/mol. The number of likely N-dealkylation sites (tertiary alicyclic amines) is 1. The summed E-state index contributed by atoms with van der Waals surface area (Å²) in [5.74, 6) is 0.535. The Morgan fingerprint density at radius 2 is 2.08 bits per heavy atom. The number of carbonyl (C=O) groups excluding carboxylic acids is 2. The molecule has 1 aliphatic heterocycles. The quantitative estimate of drug-likeness (QED) is 0.875. The normalized spacial score (nSPS) is 25.9. The van der Waals surface area contributed by atoms with E-state index in [1.54, 1.807) is 12.0 Å². The molecule has 3 atom stereocenters. The lowest BCUT2D eigenvalue weighted by Crippen LogP contribution is -2.45. The Bertz CT molecular complexity index is 661. The SMILES string of the molecule is COc1ccc(C)cc1NC(=O)C1CCCN1C(=O)C1CCC(N)C1. The van der Waals surface area contributed by atoms with Gasteiger partial charge >= 0.3 is 0 Å². The first kappa shape index (κ1) is 17.7. The third-order valence-electron chi connectivity index (χ3n) is 5.27. The van der Waals surface area contributed by atoms with Crippen LogP contribution in [-0.4, -0.2) is 42.5 Å². The van der Waals surface area contributed by atoms with Gasteiger partial charge in [0.1, 0.15) is 11.8 Å². The Hall–Kier alpha value is -2.08. The van der Waals surface area contributed by atoms with Crippen molar-refractivity contribution in [2.45, 2.75) is 51.1 Å². The first-order valence-corrected chi connectivity index (χ1v) is 9.01. The number of amides is 2. The number of hydrogen-bond acceptors (Lipinski definition) is 4. The molecular formula is C19H27N3O3. The zero-order chi connectivity index (χ0) is 18.0. The summed E-state index contributed by atoms with van der Waals surface area (Å²) in [5, 5.41) is 2.95. The summed E-state index contributed by atoms with van der Waals surface area (Å²) in [6.45, 7) is 2.61. The van der Waals surface area contributed by atoms with Crippen molar-refractivity contribution in [2.24, 2.45) is 11.7 Å². The van der Waals surface area contributed by atoms with Gasteiger partial charge in [-0.15, -0.1) is 0 Å². The zero-order valence-electron chi connectivity index (χ0n) is 15.0. The van der Waals surface area contributed by atoms with Gasteiger partial charge in [0.15, 0.2) is 0 Å². The number of methoxy groups -OCH3 is 1. The molecule has 2 aliphatic rings. The van der Waals surface area contributed by atoms with Crippen LogP contribution in [0.3, 0.4) is 0 Å². The average molecular weight is 345 g/mol. The fraction of sp³-hybridized carbons (Fsp3) is 0.579. The maximum Gasteiger partial charge on any atom is 0.247 e. The first-order chi connectivity index (χ1) is 12.0. The summed E-state index contributed by atoms with van der Waals surface area (Å²) in [6, 6.07) is 5.36. The van der Waals surface area contributed by atoms with Gasteiger partial charge in [-0.2, -0.15) is 0 Å². The summed E-state index contributed by atoms with van der Waals surface area (Å²) in [7, 11) is 1.58. The molecule has 2 fully saturated rings. The zero-order valence-corrected chi connectivity index (χ0v) is 15.0. The smallest absolute Gasteiger partial charge is 0.247 e. The van der Waals surface area contributed by atoms with Crippen LogP contribution in [-0.2, 0) is 9.59 Å². The summed E-state index contributed by atoms with van der Waals surface area (Å²) in [4.78, 5) is 27.4. The van der Waals surface area contributed by atoms with Gasteiger partial charge in [-0.05, 0) is 56.7 Å². The van der Waals surface area contributed by atoms with Crippen molar-refractivity contribution in [3.8, 4) is 5.75 Å². The van der Waals surface area contributed by atoms with E-state index in [1.807, 2.05) is 25.1 Å². The molecule has 1 aromatic carbocycles. The van der Waals surface area contributed by atoms with Crippen molar-refractivity contribution >= 4 is 17.5 Å². The van der Waals surface area contributed by atoms with Gasteiger partial charge in [-0.3, -0.25) is 9.59 Å². The number of nitrogens with zero attached hydrogens (tertiary/aromatic N) is 1. The summed E-state index contributed by atoms with van der Waals surface area (Å²) in [6.07, 6.45) is 4.01. The Kier molecular flexibility index (Phi) is 5.27. The fourth-order valence-corrected chi connectivity index (χ4v) is 3.91. The van der Waals surface area contributed by atoms with Crippen LogP contribution < -0.4 is 15.8 Å². The van der Waals surface area contributed by atoms with Crippen LogP contribution in [0.15, 0.2) is 18.2 Å². The lowest BCUT2D eigenvalue weighted by atomic mass is 10.1. The second-order valence-electron chi connectivity index (χ2n) is 7.15. The van der Waals surface area contributed by atoms with Crippen molar-refractivity contribution in [3.05, 3.63) is 23.8 Å². The van der Waals surface area contributed by atoms with Gasteiger partial charge in [0.25, 0.3) is 0 Å². The van der Waals surface area contributed by atoms with E-state index in [4.69, 9.17) is 10.5 Å². The van der Waals surface area contributed by atoms with E-state index in [0.717, 1.165) is 31.2 Å². The van der Waals surface area contributed by atoms with E-state index < -0.39 is 6.04 Å². The van der Waals surface area contributed by atoms with Crippen molar-refractivity contribution in [1.29, 1.82) is 0 Å². The molecule has 1 saturated heterocycles. The van der Waals surface area contributed by atoms with Crippen LogP contribution in [0.4, 0.5) is 5.69 Å². The minimum absolute atomic E-state index is 0.0306. The number of carbonyl (C=O) groups is 2. The molecule has 136 valence electrons. The molecule has 1 aromatic rings. The van der Waals surface area contributed by atoms with E-state index in [-0.39, 0.29) is 23.8 Å². The van der Waals surface area contributed by atoms with E-state index in [0.29, 0.717) is 24.4 Å². The highest BCUT2D eigenvalue weighted by Gasteiger charge is 2.39. The molecule has 6 nitrogen and oxygen atoms in total. The Labute approximate surface area is 148 Å². The van der Waals surface area contributed by atoms with Gasteiger partial charge in [-0.1, -0.05) is 6.07 Å². The van der Waals surface area contributed by atoms with Crippen molar-refractivity contribution < 1.29 is 14.3 Å². The maximum absolute atomic E-state index is 12.8. The van der Waals surface area contributed by atoms with Crippen LogP contribution in [0.2, 0.25) is 0 Å². The Morgan fingerprint density at radius 1 is 1.28 bits per heavy atom. The van der Waals surface area contributed by atoms with E-state index in [1.165, 1.54) is 0 Å². The molecule has 25 heavy (non-hydrogen) atoms. The topological polar surface area (TPSA) is 84.7 Å². The third-order valence-corrected chi connectivity index (χ3v) is 5.27. The predicted octanol–water partition coefficient (Wildman–Crippen LogP) is 2.06. The van der Waals surface area contributed by atoms with E-state index in [2.05, 4.69) is 5.32 Å². The molecular weight excluding hydrogens is 318 g/mol. The largest absolute Gasteiger partial charge is 0.495 e. The van der Waals surface area contributed by atoms with Gasteiger partial charge in [0.05, 0.1) is 12.8 Å². The molecule has 3 N–H and O–H groups in total. The third kappa shape index (κ3) is 3.79. The van der Waals surface area contributed by atoms with Crippen molar-refractivity contribution in [3.63, 3.8) is 0 Å². The van der Waals surface area contributed by atoms with Gasteiger partial charge < -0.3 is 20.7 Å². The first-order valence-electron chi connectivity index (χ1n) is 9.01. The Balaban J connectivity index is 1.71. The molecule has 2 amide bonds. The minimum Gasteiger partial charge on any atom is -0.495 e. The molecule has 1 saturated carbocycles. The second kappa shape index (κ2) is 7.44. The molecule has 6 heteroatoms. The molecule has 0 aromatic heterocycles. The van der Waals surface area contributed by atoms with Gasteiger partial charge in [-0.25, -0.2) is 0 Å². The van der Waals surface area contributed by atoms with Crippen LogP contribution >= 0.6 is 0 Å². The van der Waals surface area contributed by atoms with E-state index >= 15 is 0 Å². The summed E-state index contributed by atoms with van der Waals surface area (Å²) in [5.41, 5.74) is 7.63. The highest BCUT2D eigenvalue weighted by Crippen LogP contribution is 2.31. The lowest BCUT2D eigenvalue weighted by molar-refractivity contribution is -0.140. The fourth-order valence-electron chi connectivity index (χ4n) is 3.91. The number of ether oxygens (including phenoxy) is 1. The van der Waals surface area contributed by atoms with Crippen LogP contribution in [0, 0.1) is 12.8 Å². The number of hydrogen-bond donors (Lipinski definition) is 2. The number of nitrogens with two attached hydrogens (primary N) is 1.